The molecule has 2 heterocycles. The van der Waals surface area contributed by atoms with Crippen LogP contribution < -0.4 is 5.14 Å². The van der Waals surface area contributed by atoms with Crippen molar-refractivity contribution >= 4 is 21.4 Å². The zero-order chi connectivity index (χ0) is 15.0. The van der Waals surface area contributed by atoms with E-state index >= 15 is 0 Å². The smallest absolute Gasteiger partial charge is 0.264 e. The highest BCUT2D eigenvalue weighted by atomic mass is 32.2. The Morgan fingerprint density at radius 3 is 2.48 bits per heavy atom. The van der Waals surface area contributed by atoms with Crippen LogP contribution in [0.25, 0.3) is 16.4 Å². The molecule has 0 fully saturated rings. The van der Waals surface area contributed by atoms with Gasteiger partial charge in [0, 0.05) is 5.69 Å². The molecule has 9 heteroatoms. The van der Waals surface area contributed by atoms with Crippen LogP contribution in [0.4, 0.5) is 0 Å². The Kier molecular flexibility index (Phi) is 3.32. The lowest BCUT2D eigenvalue weighted by atomic mass is 10.3. The first-order valence-electron chi connectivity index (χ1n) is 5.92. The van der Waals surface area contributed by atoms with Crippen molar-refractivity contribution in [3.05, 3.63) is 41.5 Å². The number of para-hydroxylation sites is 1. The number of aryl methyl sites for hydroxylation is 1. The molecule has 0 spiro atoms. The minimum atomic E-state index is -3.99. The summed E-state index contributed by atoms with van der Waals surface area (Å²) in [5.74, 6) is 0.408. The topological polar surface area (TPSA) is 104 Å². The summed E-state index contributed by atoms with van der Waals surface area (Å²) >= 11 is 1.37. The second-order valence-electron chi connectivity index (χ2n) is 4.29. The first-order chi connectivity index (χ1) is 9.98. The van der Waals surface area contributed by atoms with E-state index in [-0.39, 0.29) is 5.16 Å². The van der Waals surface area contributed by atoms with Crippen molar-refractivity contribution in [2.45, 2.75) is 12.1 Å². The summed E-state index contributed by atoms with van der Waals surface area (Å²) in [6.07, 6.45) is 0. The van der Waals surface area contributed by atoms with Gasteiger partial charge in [0.2, 0.25) is 0 Å². The molecule has 0 aliphatic rings. The lowest BCUT2D eigenvalue weighted by Crippen LogP contribution is -2.18. The predicted octanol–water partition coefficient (Wildman–Crippen LogP) is 1.35. The molecule has 0 atom stereocenters. The Morgan fingerprint density at radius 2 is 1.90 bits per heavy atom. The Balaban J connectivity index is 2.33. The van der Waals surface area contributed by atoms with Crippen LogP contribution in [0.5, 0.6) is 0 Å². The van der Waals surface area contributed by atoms with Gasteiger partial charge in [0.15, 0.2) is 5.82 Å². The minimum absolute atomic E-state index is 0.295. The summed E-state index contributed by atoms with van der Waals surface area (Å²) in [6.45, 7) is 1.83. The highest BCUT2D eigenvalue weighted by Gasteiger charge is 2.24. The largest absolute Gasteiger partial charge is 0.274 e. The van der Waals surface area contributed by atoms with Crippen molar-refractivity contribution in [1.82, 2.24) is 19.7 Å². The van der Waals surface area contributed by atoms with Gasteiger partial charge in [-0.15, -0.1) is 21.5 Å². The average Bonchev–Trinajstić information content (AvgIpc) is 3.04. The molecule has 0 radical (unpaired) electrons. The molecule has 3 aromatic rings. The van der Waals surface area contributed by atoms with E-state index in [1.807, 2.05) is 13.0 Å². The van der Waals surface area contributed by atoms with Gasteiger partial charge in [-0.05, 0) is 19.1 Å². The van der Waals surface area contributed by atoms with E-state index in [1.54, 1.807) is 29.8 Å². The third-order valence-electron chi connectivity index (χ3n) is 2.85. The summed E-state index contributed by atoms with van der Waals surface area (Å²) in [7, 11) is -3.99. The molecule has 2 N–H and O–H groups in total. The molecule has 2 aromatic heterocycles. The lowest BCUT2D eigenvalue weighted by molar-refractivity contribution is 0.585. The lowest BCUT2D eigenvalue weighted by Gasteiger charge is -2.08. The van der Waals surface area contributed by atoms with Gasteiger partial charge < -0.3 is 0 Å². The van der Waals surface area contributed by atoms with E-state index in [0.29, 0.717) is 11.5 Å². The predicted molar refractivity (Wildman–Crippen MR) is 78.6 cm³/mol. The quantitative estimate of drug-likeness (QED) is 0.784. The van der Waals surface area contributed by atoms with Crippen molar-refractivity contribution in [2.24, 2.45) is 5.14 Å². The number of nitrogens with zero attached hydrogens (tertiary/aromatic N) is 4. The molecule has 3 rings (SSSR count). The van der Waals surface area contributed by atoms with Gasteiger partial charge >= 0.3 is 0 Å². The van der Waals surface area contributed by atoms with Crippen molar-refractivity contribution in [1.29, 1.82) is 0 Å². The number of nitrogens with two attached hydrogens (primary N) is 1. The fraction of sp³-hybridized carbons (Fsp3) is 0.0833. The van der Waals surface area contributed by atoms with Crippen LogP contribution >= 0.6 is 11.3 Å². The van der Waals surface area contributed by atoms with Gasteiger partial charge in [-0.2, -0.15) is 0 Å². The summed E-state index contributed by atoms with van der Waals surface area (Å²) in [5.41, 5.74) is 3.05. The van der Waals surface area contributed by atoms with Crippen LogP contribution in [0.1, 0.15) is 5.69 Å². The number of sulfonamides is 1. The standard InChI is InChI=1S/C12H11N5O2S2/c1-8-10(20-7-14-8)11-15-16-12(21(13,18)19)17(11)9-5-3-2-4-6-9/h2-7H,1H3,(H2,13,18,19). The highest BCUT2D eigenvalue weighted by molar-refractivity contribution is 7.89. The zero-order valence-electron chi connectivity index (χ0n) is 11.0. The van der Waals surface area contributed by atoms with Crippen molar-refractivity contribution in [2.75, 3.05) is 0 Å². The molecule has 0 aliphatic heterocycles. The van der Waals surface area contributed by atoms with Gasteiger partial charge in [-0.3, -0.25) is 4.57 Å². The van der Waals surface area contributed by atoms with E-state index in [2.05, 4.69) is 15.2 Å². The molecule has 0 bridgehead atoms. The number of hydrogen-bond acceptors (Lipinski definition) is 6. The van der Waals surface area contributed by atoms with Gasteiger partial charge in [-0.1, -0.05) is 18.2 Å². The number of aromatic nitrogens is 4. The van der Waals surface area contributed by atoms with Gasteiger partial charge in [-0.25, -0.2) is 18.5 Å². The van der Waals surface area contributed by atoms with Crippen LogP contribution in [0.2, 0.25) is 0 Å². The zero-order valence-corrected chi connectivity index (χ0v) is 12.6. The third-order valence-corrected chi connectivity index (χ3v) is 4.55. The summed E-state index contributed by atoms with van der Waals surface area (Å²) < 4.78 is 24.9. The number of hydrogen-bond donors (Lipinski definition) is 1. The molecular formula is C12H11N5O2S2. The summed E-state index contributed by atoms with van der Waals surface area (Å²) in [5, 5.41) is 12.7. The number of rotatable bonds is 3. The van der Waals surface area contributed by atoms with Crippen molar-refractivity contribution < 1.29 is 8.42 Å². The number of primary sulfonamides is 1. The maximum Gasteiger partial charge on any atom is 0.274 e. The fourth-order valence-corrected chi connectivity index (χ4v) is 3.31. The van der Waals surface area contributed by atoms with Gasteiger partial charge in [0.05, 0.1) is 16.1 Å². The van der Waals surface area contributed by atoms with Crippen LogP contribution in [-0.4, -0.2) is 28.2 Å². The summed E-state index contributed by atoms with van der Waals surface area (Å²) in [6, 6.07) is 8.95. The monoisotopic (exact) mass is 321 g/mol. The van der Waals surface area contributed by atoms with E-state index in [9.17, 15) is 8.42 Å². The molecule has 0 aliphatic carbocycles. The number of thiazole rings is 1. The van der Waals surface area contributed by atoms with Crippen LogP contribution in [0, 0.1) is 6.92 Å². The third kappa shape index (κ3) is 2.46. The normalized spacial score (nSPS) is 11.7. The Bertz CT molecular complexity index is 884. The molecule has 0 unspecified atom stereocenters. The van der Waals surface area contributed by atoms with Crippen LogP contribution in [-0.2, 0) is 10.0 Å². The fourth-order valence-electron chi connectivity index (χ4n) is 1.93. The van der Waals surface area contributed by atoms with Crippen molar-refractivity contribution in [3.63, 3.8) is 0 Å². The number of benzene rings is 1. The maximum absolute atomic E-state index is 11.7. The van der Waals surface area contributed by atoms with Gasteiger partial charge in [0.1, 0.15) is 0 Å². The van der Waals surface area contributed by atoms with Crippen molar-refractivity contribution in [3.8, 4) is 16.4 Å². The maximum atomic E-state index is 11.7. The Labute approximate surface area is 125 Å². The molecule has 7 nitrogen and oxygen atoms in total. The molecule has 21 heavy (non-hydrogen) atoms. The molecule has 0 saturated heterocycles. The Morgan fingerprint density at radius 1 is 1.19 bits per heavy atom. The minimum Gasteiger partial charge on any atom is -0.264 e. The molecule has 0 amide bonds. The first-order valence-corrected chi connectivity index (χ1v) is 8.35. The second-order valence-corrected chi connectivity index (χ2v) is 6.60. The Hall–Kier alpha value is -2.10. The van der Waals surface area contributed by atoms with E-state index in [1.165, 1.54) is 15.9 Å². The molecule has 0 saturated carbocycles. The van der Waals surface area contributed by atoms with Crippen LogP contribution in [0.3, 0.4) is 0 Å². The SMILES string of the molecule is Cc1ncsc1-c1nnc(S(N)(=O)=O)n1-c1ccccc1. The van der Waals surface area contributed by atoms with E-state index < -0.39 is 10.0 Å². The van der Waals surface area contributed by atoms with Crippen LogP contribution in [0.15, 0.2) is 41.0 Å². The second kappa shape index (κ2) is 5.02. The molecule has 108 valence electrons. The first kappa shape index (κ1) is 13.9. The molecule has 1 aromatic carbocycles. The highest BCUT2D eigenvalue weighted by Crippen LogP contribution is 2.29. The summed E-state index contributed by atoms with van der Waals surface area (Å²) in [4.78, 5) is 4.91. The molecular weight excluding hydrogens is 310 g/mol. The van der Waals surface area contributed by atoms with E-state index in [0.717, 1.165) is 10.6 Å². The van der Waals surface area contributed by atoms with E-state index in [4.69, 9.17) is 5.14 Å². The van der Waals surface area contributed by atoms with Gasteiger partial charge in [0.25, 0.3) is 15.2 Å². The average molecular weight is 321 g/mol.